The second-order valence-corrected chi connectivity index (χ2v) is 6.79. The summed E-state index contributed by atoms with van der Waals surface area (Å²) >= 11 is 0. The SMILES string of the molecule is CCCN(CCC)C(=O)[C@@](F)(OC(F)(F)[C@@](F)(OC(F)(F)C(F)(F)C(F)(F)F)C(F)(F)F)C(F)(F)F. The molecule has 0 aliphatic rings. The third-order valence-electron chi connectivity index (χ3n) is 3.91. The molecule has 21 heteroatoms. The van der Waals surface area contributed by atoms with Crippen LogP contribution in [0.3, 0.4) is 0 Å². The Morgan fingerprint density at radius 1 is 0.583 bits per heavy atom. The lowest BCUT2D eigenvalue weighted by atomic mass is 10.2. The largest absolute Gasteiger partial charge is 0.462 e. The molecule has 1 amide bonds. The lowest BCUT2D eigenvalue weighted by Gasteiger charge is -2.41. The van der Waals surface area contributed by atoms with E-state index in [0.29, 0.717) is 0 Å². The summed E-state index contributed by atoms with van der Waals surface area (Å²) < 4.78 is 226. The molecule has 2 atom stereocenters. The molecule has 4 nitrogen and oxygen atoms in total. The van der Waals surface area contributed by atoms with E-state index >= 15 is 0 Å². The van der Waals surface area contributed by atoms with Gasteiger partial charge in [0.1, 0.15) is 0 Å². The summed E-state index contributed by atoms with van der Waals surface area (Å²) in [5.74, 6) is -25.8. The van der Waals surface area contributed by atoms with Gasteiger partial charge in [0.05, 0.1) is 0 Å². The van der Waals surface area contributed by atoms with Gasteiger partial charge in [-0.1, -0.05) is 13.8 Å². The van der Waals surface area contributed by atoms with Crippen LogP contribution in [0.1, 0.15) is 26.7 Å². The highest BCUT2D eigenvalue weighted by Gasteiger charge is 2.85. The predicted octanol–water partition coefficient (Wildman–Crippen LogP) is 6.51. The molecule has 0 aromatic heterocycles. The van der Waals surface area contributed by atoms with Gasteiger partial charge < -0.3 is 4.90 Å². The number of halogens is 17. The van der Waals surface area contributed by atoms with Gasteiger partial charge in [-0.25, -0.2) is 0 Å². The lowest BCUT2D eigenvalue weighted by molar-refractivity contribution is -0.548. The maximum absolute atomic E-state index is 14.5. The fourth-order valence-corrected chi connectivity index (χ4v) is 2.21. The molecule has 0 aliphatic heterocycles. The minimum atomic E-state index is -8.01. The van der Waals surface area contributed by atoms with Crippen LogP contribution >= 0.6 is 0 Å². The van der Waals surface area contributed by atoms with Gasteiger partial charge in [-0.2, -0.15) is 74.6 Å². The highest BCUT2D eigenvalue weighted by atomic mass is 19.4. The first-order valence-corrected chi connectivity index (χ1v) is 9.00. The Balaban J connectivity index is 6.88. The standard InChI is InChI=1S/C15H14F17NO3/c1-3-5-33(6-4-2)7(34)8(16,11(20,21)22)35-15(31,32)10(19,13(26,27)28)36-14(29,30)9(17,18)12(23,24)25/h3-6H2,1-2H3/t8-,10+/m1/s1. The highest BCUT2D eigenvalue weighted by molar-refractivity contribution is 5.84. The molecule has 0 saturated heterocycles. The zero-order valence-corrected chi connectivity index (χ0v) is 17.4. The summed E-state index contributed by atoms with van der Waals surface area (Å²) in [5, 5.41) is 0. The summed E-state index contributed by atoms with van der Waals surface area (Å²) in [6, 6.07) is 0. The molecule has 0 rings (SSSR count). The first-order valence-electron chi connectivity index (χ1n) is 9.00. The van der Waals surface area contributed by atoms with Crippen molar-refractivity contribution in [1.29, 1.82) is 0 Å². The highest BCUT2D eigenvalue weighted by Crippen LogP contribution is 2.56. The van der Waals surface area contributed by atoms with Crippen LogP contribution in [0.25, 0.3) is 0 Å². The Hall–Kier alpha value is -1.80. The van der Waals surface area contributed by atoms with Gasteiger partial charge in [-0.05, 0) is 12.8 Å². The van der Waals surface area contributed by atoms with E-state index in [1.54, 1.807) is 0 Å². The maximum atomic E-state index is 14.5. The van der Waals surface area contributed by atoms with Crippen molar-refractivity contribution >= 4 is 5.91 Å². The van der Waals surface area contributed by atoms with Crippen LogP contribution in [0.5, 0.6) is 0 Å². The fraction of sp³-hybridized carbons (Fsp3) is 0.933. The normalized spacial score (nSPS) is 18.0. The second kappa shape index (κ2) is 10.2. The van der Waals surface area contributed by atoms with E-state index in [1.807, 2.05) is 0 Å². The smallest absolute Gasteiger partial charge is 0.337 e. The molecule has 0 aromatic carbocycles. The summed E-state index contributed by atoms with van der Waals surface area (Å²) in [6.07, 6.45) is -39.0. The molecule has 0 bridgehead atoms. The van der Waals surface area contributed by atoms with Crippen LogP contribution in [0.15, 0.2) is 0 Å². The van der Waals surface area contributed by atoms with Gasteiger partial charge in [0, 0.05) is 13.1 Å². The zero-order valence-electron chi connectivity index (χ0n) is 17.4. The van der Waals surface area contributed by atoms with Crippen LogP contribution in [-0.2, 0) is 14.3 Å². The Morgan fingerprint density at radius 2 is 0.972 bits per heavy atom. The molecule has 0 aromatic rings. The summed E-state index contributed by atoms with van der Waals surface area (Å²) in [6.45, 7) is 0.420. The van der Waals surface area contributed by atoms with E-state index in [9.17, 15) is 79.4 Å². The molecule has 0 N–H and O–H groups in total. The quantitative estimate of drug-likeness (QED) is 0.262. The van der Waals surface area contributed by atoms with E-state index in [-0.39, 0.29) is 17.7 Å². The zero-order chi connectivity index (χ0) is 29.4. The number of rotatable bonds is 11. The third-order valence-corrected chi connectivity index (χ3v) is 3.91. The van der Waals surface area contributed by atoms with Crippen LogP contribution in [0.2, 0.25) is 0 Å². The number of alkyl halides is 17. The van der Waals surface area contributed by atoms with E-state index in [4.69, 9.17) is 0 Å². The van der Waals surface area contributed by atoms with Gasteiger partial charge >= 0.3 is 48.4 Å². The third kappa shape index (κ3) is 6.18. The number of carbonyl (C=O) groups excluding carboxylic acids is 1. The van der Waals surface area contributed by atoms with E-state index < -0.39 is 67.4 Å². The molecule has 0 spiro atoms. The number of ether oxygens (including phenoxy) is 2. The van der Waals surface area contributed by atoms with Crippen molar-refractivity contribution < 1.29 is 88.9 Å². The molecular weight excluding hydrogens is 565 g/mol. The Morgan fingerprint density at radius 3 is 1.25 bits per heavy atom. The molecule has 0 heterocycles. The van der Waals surface area contributed by atoms with Crippen LogP contribution in [0, 0.1) is 0 Å². The van der Waals surface area contributed by atoms with Gasteiger partial charge in [-0.3, -0.25) is 14.3 Å². The fourth-order valence-electron chi connectivity index (χ4n) is 2.21. The van der Waals surface area contributed by atoms with Crippen LogP contribution in [-0.4, -0.2) is 72.3 Å². The minimum Gasteiger partial charge on any atom is -0.337 e. The molecule has 0 fully saturated rings. The maximum Gasteiger partial charge on any atom is 0.462 e. The van der Waals surface area contributed by atoms with E-state index in [0.717, 1.165) is 13.8 Å². The van der Waals surface area contributed by atoms with Crippen molar-refractivity contribution in [3.63, 3.8) is 0 Å². The average Bonchev–Trinajstić information content (AvgIpc) is 2.63. The number of nitrogens with zero attached hydrogens (tertiary/aromatic N) is 1. The van der Waals surface area contributed by atoms with Crippen molar-refractivity contribution in [2.75, 3.05) is 13.1 Å². The number of hydrogen-bond acceptors (Lipinski definition) is 3. The molecule has 0 saturated carbocycles. The predicted molar refractivity (Wildman–Crippen MR) is 80.0 cm³/mol. The van der Waals surface area contributed by atoms with Crippen molar-refractivity contribution in [2.24, 2.45) is 0 Å². The lowest BCUT2D eigenvalue weighted by Crippen LogP contribution is -2.69. The van der Waals surface area contributed by atoms with Crippen molar-refractivity contribution in [3.8, 4) is 0 Å². The van der Waals surface area contributed by atoms with Crippen LogP contribution in [0.4, 0.5) is 74.6 Å². The monoisotopic (exact) mass is 579 g/mol. The first kappa shape index (κ1) is 34.2. The molecule has 0 radical (unpaired) electrons. The topological polar surface area (TPSA) is 38.8 Å². The van der Waals surface area contributed by atoms with Crippen molar-refractivity contribution in [3.05, 3.63) is 0 Å². The molecule has 0 unspecified atom stereocenters. The Kier molecular flexibility index (Phi) is 9.65. The molecule has 216 valence electrons. The first-order chi connectivity index (χ1) is 15.6. The number of amides is 1. The molecule has 36 heavy (non-hydrogen) atoms. The van der Waals surface area contributed by atoms with Gasteiger partial charge in [0.25, 0.3) is 5.91 Å². The van der Waals surface area contributed by atoms with E-state index in [2.05, 4.69) is 4.74 Å². The van der Waals surface area contributed by atoms with Crippen LogP contribution < -0.4 is 0 Å². The van der Waals surface area contributed by atoms with Crippen molar-refractivity contribution in [1.82, 2.24) is 4.90 Å². The molecule has 0 aliphatic carbocycles. The van der Waals surface area contributed by atoms with Crippen molar-refractivity contribution in [2.45, 2.75) is 75.1 Å². The Labute approximate surface area is 189 Å². The van der Waals surface area contributed by atoms with E-state index in [1.165, 1.54) is 4.74 Å². The molecular formula is C15H14F17NO3. The Bertz CT molecular complexity index is 756. The number of carbonyl (C=O) groups is 1. The minimum absolute atomic E-state index is 0.260. The summed E-state index contributed by atoms with van der Waals surface area (Å²) in [5.41, 5.74) is 0. The summed E-state index contributed by atoms with van der Waals surface area (Å²) in [4.78, 5) is 11.7. The summed E-state index contributed by atoms with van der Waals surface area (Å²) in [7, 11) is 0. The average molecular weight is 579 g/mol. The van der Waals surface area contributed by atoms with Gasteiger partial charge in [0.15, 0.2) is 0 Å². The number of hydrogen-bond donors (Lipinski definition) is 0. The van der Waals surface area contributed by atoms with Gasteiger partial charge in [0.2, 0.25) is 0 Å². The van der Waals surface area contributed by atoms with Gasteiger partial charge in [-0.15, -0.1) is 0 Å². The second-order valence-electron chi connectivity index (χ2n) is 6.79.